The van der Waals surface area contributed by atoms with E-state index in [9.17, 15) is 13.9 Å². The second-order valence-corrected chi connectivity index (χ2v) is 6.05. The second kappa shape index (κ2) is 6.67. The minimum atomic E-state index is -0.870. The van der Waals surface area contributed by atoms with Crippen molar-refractivity contribution >= 4 is 17.6 Å². The Kier molecular flexibility index (Phi) is 4.63. The van der Waals surface area contributed by atoms with Gasteiger partial charge in [-0.05, 0) is 6.07 Å². The molecule has 0 unspecified atom stereocenters. The molecule has 2 aromatic rings. The van der Waals surface area contributed by atoms with Gasteiger partial charge in [-0.3, -0.25) is 0 Å². The van der Waals surface area contributed by atoms with Gasteiger partial charge in [-0.1, -0.05) is 23.9 Å². The lowest BCUT2D eigenvalue weighted by Gasteiger charge is -2.36. The summed E-state index contributed by atoms with van der Waals surface area (Å²) in [4.78, 5) is 10.5. The zero-order chi connectivity index (χ0) is 16.4. The summed E-state index contributed by atoms with van der Waals surface area (Å²) in [7, 11) is 1.50. The van der Waals surface area contributed by atoms with E-state index >= 15 is 0 Å². The average molecular weight is 339 g/mol. The molecular formula is C15H15F2N3O2S. The van der Waals surface area contributed by atoms with E-state index in [2.05, 4.69) is 9.97 Å². The van der Waals surface area contributed by atoms with Crippen molar-refractivity contribution in [3.8, 4) is 5.88 Å². The van der Waals surface area contributed by atoms with Crippen LogP contribution in [0.2, 0.25) is 0 Å². The molecule has 1 aliphatic rings. The largest absolute Gasteiger partial charge is 0.481 e. The zero-order valence-corrected chi connectivity index (χ0v) is 13.2. The molecule has 1 aromatic carbocycles. The molecule has 0 saturated carbocycles. The molecule has 1 saturated heterocycles. The molecule has 0 atom stereocenters. The van der Waals surface area contributed by atoms with Gasteiger partial charge in [0.2, 0.25) is 5.88 Å². The summed E-state index contributed by atoms with van der Waals surface area (Å²) >= 11 is 1.19. The van der Waals surface area contributed by atoms with Crippen molar-refractivity contribution in [1.29, 1.82) is 0 Å². The highest BCUT2D eigenvalue weighted by atomic mass is 32.2. The lowest BCUT2D eigenvalue weighted by Crippen LogP contribution is -2.51. The molecule has 0 spiro atoms. The predicted octanol–water partition coefficient (Wildman–Crippen LogP) is 2.24. The number of β-amino-alcohol motifs (C(OH)–C–C–N with tert-alkyl or cyclic N) is 1. The molecule has 122 valence electrons. The van der Waals surface area contributed by atoms with Crippen molar-refractivity contribution in [3.63, 3.8) is 0 Å². The topological polar surface area (TPSA) is 58.5 Å². The van der Waals surface area contributed by atoms with Crippen LogP contribution in [0.25, 0.3) is 0 Å². The predicted molar refractivity (Wildman–Crippen MR) is 82.7 cm³/mol. The summed E-state index contributed by atoms with van der Waals surface area (Å²) in [6.07, 6.45) is -0.353. The maximum atomic E-state index is 13.7. The fourth-order valence-electron chi connectivity index (χ4n) is 2.17. The minimum Gasteiger partial charge on any atom is -0.481 e. The van der Waals surface area contributed by atoms with Crippen LogP contribution < -0.4 is 9.64 Å². The highest BCUT2D eigenvalue weighted by molar-refractivity contribution is 7.98. The number of anilines is 1. The molecule has 1 N–H and O–H groups in total. The van der Waals surface area contributed by atoms with Gasteiger partial charge in [-0.2, -0.15) is 4.98 Å². The van der Waals surface area contributed by atoms with Crippen molar-refractivity contribution in [2.45, 2.75) is 17.0 Å². The van der Waals surface area contributed by atoms with Gasteiger partial charge in [0.15, 0.2) is 16.8 Å². The molecule has 23 heavy (non-hydrogen) atoms. The minimum absolute atomic E-state index is 0.207. The third-order valence-corrected chi connectivity index (χ3v) is 4.35. The van der Waals surface area contributed by atoms with Gasteiger partial charge in [-0.25, -0.2) is 13.8 Å². The van der Waals surface area contributed by atoms with Crippen molar-refractivity contribution in [2.75, 3.05) is 25.1 Å². The summed E-state index contributed by atoms with van der Waals surface area (Å²) in [5, 5.41) is 9.79. The SMILES string of the molecule is COc1cc(N2CC(O)C2)nc(SCc2cccc(F)c2F)n1. The van der Waals surface area contributed by atoms with E-state index in [1.165, 1.54) is 31.0 Å². The van der Waals surface area contributed by atoms with Crippen LogP contribution in [-0.4, -0.2) is 41.4 Å². The molecule has 1 fully saturated rings. The van der Waals surface area contributed by atoms with E-state index < -0.39 is 11.6 Å². The van der Waals surface area contributed by atoms with Gasteiger partial charge in [0, 0.05) is 30.5 Å². The Labute approximate surface area is 136 Å². The van der Waals surface area contributed by atoms with Gasteiger partial charge in [0.1, 0.15) is 5.82 Å². The van der Waals surface area contributed by atoms with Crippen molar-refractivity contribution in [2.24, 2.45) is 0 Å². The molecule has 2 heterocycles. The number of nitrogens with zero attached hydrogens (tertiary/aromatic N) is 3. The van der Waals surface area contributed by atoms with E-state index in [0.717, 1.165) is 6.07 Å². The van der Waals surface area contributed by atoms with Gasteiger partial charge >= 0.3 is 0 Å². The Balaban J connectivity index is 1.76. The first kappa shape index (κ1) is 15.9. The summed E-state index contributed by atoms with van der Waals surface area (Å²) in [5.41, 5.74) is 0.252. The highest BCUT2D eigenvalue weighted by Gasteiger charge is 2.26. The maximum Gasteiger partial charge on any atom is 0.219 e. The molecular weight excluding hydrogens is 324 g/mol. The Morgan fingerprint density at radius 1 is 1.35 bits per heavy atom. The van der Waals surface area contributed by atoms with Crippen LogP contribution in [0.3, 0.4) is 0 Å². The molecule has 8 heteroatoms. The fourth-order valence-corrected chi connectivity index (χ4v) is 2.99. The third kappa shape index (κ3) is 3.53. The number of benzene rings is 1. The van der Waals surface area contributed by atoms with Crippen LogP contribution in [0.15, 0.2) is 29.4 Å². The number of halogens is 2. The summed E-state index contributed by atoms with van der Waals surface area (Å²) in [5.74, 6) is -0.486. The Morgan fingerprint density at radius 2 is 2.13 bits per heavy atom. The number of thioether (sulfide) groups is 1. The monoisotopic (exact) mass is 339 g/mol. The number of aromatic nitrogens is 2. The van der Waals surface area contributed by atoms with E-state index in [-0.39, 0.29) is 17.4 Å². The number of hydrogen-bond donors (Lipinski definition) is 1. The van der Waals surface area contributed by atoms with Crippen molar-refractivity contribution < 1.29 is 18.6 Å². The van der Waals surface area contributed by atoms with Gasteiger partial charge in [-0.15, -0.1) is 0 Å². The third-order valence-electron chi connectivity index (χ3n) is 3.45. The molecule has 5 nitrogen and oxygen atoms in total. The fraction of sp³-hybridized carbons (Fsp3) is 0.333. The molecule has 3 rings (SSSR count). The highest BCUT2D eigenvalue weighted by Crippen LogP contribution is 2.28. The number of ether oxygens (including phenoxy) is 1. The summed E-state index contributed by atoms with van der Waals surface area (Å²) in [6, 6.07) is 5.75. The van der Waals surface area contributed by atoms with Crippen LogP contribution in [-0.2, 0) is 5.75 Å². The van der Waals surface area contributed by atoms with Crippen LogP contribution in [0.4, 0.5) is 14.6 Å². The quantitative estimate of drug-likeness (QED) is 0.666. The lowest BCUT2D eigenvalue weighted by atomic mass is 10.2. The number of methoxy groups -OCH3 is 1. The van der Waals surface area contributed by atoms with Crippen molar-refractivity contribution in [1.82, 2.24) is 9.97 Å². The van der Waals surface area contributed by atoms with Crippen LogP contribution >= 0.6 is 11.8 Å². The lowest BCUT2D eigenvalue weighted by molar-refractivity contribution is 0.141. The van der Waals surface area contributed by atoms with Crippen LogP contribution in [0.1, 0.15) is 5.56 Å². The smallest absolute Gasteiger partial charge is 0.219 e. The number of hydrogen-bond acceptors (Lipinski definition) is 6. The molecule has 0 bridgehead atoms. The van der Waals surface area contributed by atoms with Gasteiger partial charge in [0.05, 0.1) is 13.2 Å². The van der Waals surface area contributed by atoms with Crippen molar-refractivity contribution in [3.05, 3.63) is 41.5 Å². The number of aliphatic hydroxyl groups excluding tert-OH is 1. The van der Waals surface area contributed by atoms with Gasteiger partial charge in [0.25, 0.3) is 0 Å². The number of rotatable bonds is 5. The normalized spacial score (nSPS) is 14.7. The Hall–Kier alpha value is -1.93. The van der Waals surface area contributed by atoms with E-state index in [0.29, 0.717) is 29.9 Å². The van der Waals surface area contributed by atoms with E-state index in [4.69, 9.17) is 4.74 Å². The Bertz CT molecular complexity index is 711. The van der Waals surface area contributed by atoms with E-state index in [1.54, 1.807) is 6.07 Å². The number of aliphatic hydroxyl groups is 1. The standard InChI is InChI=1S/C15H15F2N3O2S/c1-22-13-5-12(20-6-10(21)7-20)18-15(19-13)23-8-9-3-2-4-11(16)14(9)17/h2-5,10,21H,6-8H2,1H3. The second-order valence-electron chi connectivity index (χ2n) is 5.11. The van der Waals surface area contributed by atoms with Crippen LogP contribution in [0, 0.1) is 11.6 Å². The first-order chi connectivity index (χ1) is 11.1. The molecule has 0 aliphatic carbocycles. The summed E-state index contributed by atoms with van der Waals surface area (Å²) in [6.45, 7) is 1.01. The first-order valence-corrected chi connectivity index (χ1v) is 7.97. The zero-order valence-electron chi connectivity index (χ0n) is 12.4. The van der Waals surface area contributed by atoms with Crippen LogP contribution in [0.5, 0.6) is 5.88 Å². The Morgan fingerprint density at radius 3 is 2.83 bits per heavy atom. The maximum absolute atomic E-state index is 13.7. The molecule has 1 aromatic heterocycles. The molecule has 0 amide bonds. The van der Waals surface area contributed by atoms with E-state index in [1.807, 2.05) is 4.90 Å². The first-order valence-electron chi connectivity index (χ1n) is 6.98. The van der Waals surface area contributed by atoms with Gasteiger partial charge < -0.3 is 14.7 Å². The molecule has 0 radical (unpaired) electrons. The molecule has 1 aliphatic heterocycles. The summed E-state index contributed by atoms with van der Waals surface area (Å²) < 4.78 is 32.0. The average Bonchev–Trinajstić information content (AvgIpc) is 2.53.